The molecule has 0 bridgehead atoms. The molecule has 0 saturated heterocycles. The standard InChI is InChI=1S/C18H13ClFNO/c1-22-16-8-9-17-14(11-16)10-13(18(19)21-17)5-2-12-3-6-15(20)7-4-12/h2-11H,1H3/b5-2+. The summed E-state index contributed by atoms with van der Waals surface area (Å²) in [6.45, 7) is 0. The van der Waals surface area contributed by atoms with Gasteiger partial charge in [-0.2, -0.15) is 0 Å². The van der Waals surface area contributed by atoms with E-state index in [1.54, 1.807) is 19.2 Å². The molecule has 3 aromatic rings. The quantitative estimate of drug-likeness (QED) is 0.619. The maximum absolute atomic E-state index is 12.9. The molecule has 22 heavy (non-hydrogen) atoms. The van der Waals surface area contributed by atoms with Crippen molar-refractivity contribution in [2.45, 2.75) is 0 Å². The van der Waals surface area contributed by atoms with Gasteiger partial charge in [-0.15, -0.1) is 0 Å². The second-order valence-corrected chi connectivity index (χ2v) is 5.17. The zero-order chi connectivity index (χ0) is 15.5. The highest BCUT2D eigenvalue weighted by molar-refractivity contribution is 6.31. The Labute approximate surface area is 132 Å². The Morgan fingerprint density at radius 1 is 1.05 bits per heavy atom. The van der Waals surface area contributed by atoms with Crippen molar-refractivity contribution in [3.8, 4) is 5.75 Å². The summed E-state index contributed by atoms with van der Waals surface area (Å²) in [5, 5.41) is 1.37. The zero-order valence-electron chi connectivity index (χ0n) is 11.9. The van der Waals surface area contributed by atoms with Gasteiger partial charge in [0.1, 0.15) is 16.7 Å². The molecule has 2 nitrogen and oxygen atoms in total. The number of benzene rings is 2. The summed E-state index contributed by atoms with van der Waals surface area (Å²) in [7, 11) is 1.62. The summed E-state index contributed by atoms with van der Waals surface area (Å²) >= 11 is 6.21. The Balaban J connectivity index is 1.98. The third-order valence-electron chi connectivity index (χ3n) is 3.33. The number of nitrogens with zero attached hydrogens (tertiary/aromatic N) is 1. The van der Waals surface area contributed by atoms with Gasteiger partial charge in [-0.25, -0.2) is 9.37 Å². The van der Waals surface area contributed by atoms with E-state index in [9.17, 15) is 4.39 Å². The molecular formula is C18H13ClFNO. The van der Waals surface area contributed by atoms with Gasteiger partial charge in [0.05, 0.1) is 12.6 Å². The molecule has 0 aliphatic rings. The van der Waals surface area contributed by atoms with Crippen LogP contribution in [-0.2, 0) is 0 Å². The van der Waals surface area contributed by atoms with Crippen molar-refractivity contribution < 1.29 is 9.13 Å². The van der Waals surface area contributed by atoms with E-state index in [-0.39, 0.29) is 5.82 Å². The van der Waals surface area contributed by atoms with Crippen molar-refractivity contribution in [2.75, 3.05) is 7.11 Å². The lowest BCUT2D eigenvalue weighted by Crippen LogP contribution is -1.87. The Kier molecular flexibility index (Phi) is 4.07. The van der Waals surface area contributed by atoms with Crippen LogP contribution in [0, 0.1) is 5.82 Å². The first-order chi connectivity index (χ1) is 10.7. The van der Waals surface area contributed by atoms with E-state index in [1.807, 2.05) is 36.4 Å². The van der Waals surface area contributed by atoms with Crippen LogP contribution in [0.25, 0.3) is 23.1 Å². The van der Waals surface area contributed by atoms with Crippen molar-refractivity contribution in [3.05, 3.63) is 70.6 Å². The number of fused-ring (bicyclic) bond motifs is 1. The minimum atomic E-state index is -0.255. The highest BCUT2D eigenvalue weighted by Gasteiger charge is 2.04. The topological polar surface area (TPSA) is 22.1 Å². The van der Waals surface area contributed by atoms with Gasteiger partial charge in [-0.3, -0.25) is 0 Å². The number of hydrogen-bond donors (Lipinski definition) is 0. The first-order valence-electron chi connectivity index (χ1n) is 6.73. The summed E-state index contributed by atoms with van der Waals surface area (Å²) in [6.07, 6.45) is 3.73. The van der Waals surface area contributed by atoms with E-state index < -0.39 is 0 Å². The molecule has 0 atom stereocenters. The fourth-order valence-corrected chi connectivity index (χ4v) is 2.36. The van der Waals surface area contributed by atoms with Crippen LogP contribution in [0.15, 0.2) is 48.5 Å². The van der Waals surface area contributed by atoms with Gasteiger partial charge < -0.3 is 4.74 Å². The molecule has 0 unspecified atom stereocenters. The molecule has 110 valence electrons. The van der Waals surface area contributed by atoms with Gasteiger partial charge in [0, 0.05) is 10.9 Å². The maximum Gasteiger partial charge on any atom is 0.136 e. The molecule has 2 aromatic carbocycles. The normalized spacial score (nSPS) is 11.2. The van der Waals surface area contributed by atoms with Crippen LogP contribution in [0.1, 0.15) is 11.1 Å². The number of aromatic nitrogens is 1. The molecule has 0 amide bonds. The fraction of sp³-hybridized carbons (Fsp3) is 0.0556. The average molecular weight is 314 g/mol. The summed E-state index contributed by atoms with van der Waals surface area (Å²) < 4.78 is 18.1. The van der Waals surface area contributed by atoms with Gasteiger partial charge in [0.2, 0.25) is 0 Å². The summed E-state index contributed by atoms with van der Waals surface area (Å²) in [5.74, 6) is 0.514. The predicted molar refractivity (Wildman–Crippen MR) is 88.6 cm³/mol. The second-order valence-electron chi connectivity index (χ2n) is 4.81. The molecule has 1 aromatic heterocycles. The number of ether oxygens (including phenoxy) is 1. The number of rotatable bonds is 3. The van der Waals surface area contributed by atoms with Crippen molar-refractivity contribution in [1.82, 2.24) is 4.98 Å². The van der Waals surface area contributed by atoms with E-state index in [2.05, 4.69) is 4.98 Å². The lowest BCUT2D eigenvalue weighted by molar-refractivity contribution is 0.415. The Morgan fingerprint density at radius 2 is 1.82 bits per heavy atom. The number of methoxy groups -OCH3 is 1. The van der Waals surface area contributed by atoms with Crippen LogP contribution in [0.2, 0.25) is 5.15 Å². The third kappa shape index (κ3) is 3.10. The van der Waals surface area contributed by atoms with Gasteiger partial charge in [-0.1, -0.05) is 35.9 Å². The molecule has 0 fully saturated rings. The molecule has 3 rings (SSSR count). The molecule has 0 radical (unpaired) electrons. The van der Waals surface area contributed by atoms with E-state index in [0.29, 0.717) is 5.15 Å². The van der Waals surface area contributed by atoms with Crippen LogP contribution >= 0.6 is 11.6 Å². The number of pyridine rings is 1. The number of hydrogen-bond acceptors (Lipinski definition) is 2. The van der Waals surface area contributed by atoms with E-state index in [1.165, 1.54) is 12.1 Å². The van der Waals surface area contributed by atoms with Crippen molar-refractivity contribution in [1.29, 1.82) is 0 Å². The van der Waals surface area contributed by atoms with Crippen molar-refractivity contribution in [2.24, 2.45) is 0 Å². The predicted octanol–water partition coefficient (Wildman–Crippen LogP) is 5.21. The summed E-state index contributed by atoms with van der Waals surface area (Å²) in [6, 6.07) is 13.8. The highest BCUT2D eigenvalue weighted by atomic mass is 35.5. The summed E-state index contributed by atoms with van der Waals surface area (Å²) in [4.78, 5) is 4.38. The van der Waals surface area contributed by atoms with Crippen molar-refractivity contribution in [3.63, 3.8) is 0 Å². The zero-order valence-corrected chi connectivity index (χ0v) is 12.6. The van der Waals surface area contributed by atoms with E-state index in [0.717, 1.165) is 27.8 Å². The van der Waals surface area contributed by atoms with Crippen LogP contribution in [0.3, 0.4) is 0 Å². The smallest absolute Gasteiger partial charge is 0.136 e. The van der Waals surface area contributed by atoms with Crippen LogP contribution in [0.5, 0.6) is 5.75 Å². The van der Waals surface area contributed by atoms with Gasteiger partial charge in [-0.05, 0) is 42.0 Å². The average Bonchev–Trinajstić information content (AvgIpc) is 2.54. The maximum atomic E-state index is 12.9. The van der Waals surface area contributed by atoms with Crippen LogP contribution < -0.4 is 4.74 Å². The molecule has 1 heterocycles. The Hall–Kier alpha value is -2.39. The van der Waals surface area contributed by atoms with E-state index >= 15 is 0 Å². The third-order valence-corrected chi connectivity index (χ3v) is 3.63. The highest BCUT2D eigenvalue weighted by Crippen LogP contribution is 2.25. The van der Waals surface area contributed by atoms with Crippen LogP contribution in [-0.4, -0.2) is 12.1 Å². The van der Waals surface area contributed by atoms with Gasteiger partial charge in [0.15, 0.2) is 0 Å². The Morgan fingerprint density at radius 3 is 2.55 bits per heavy atom. The number of halogens is 2. The molecule has 0 aliphatic carbocycles. The largest absolute Gasteiger partial charge is 0.497 e. The first-order valence-corrected chi connectivity index (χ1v) is 7.11. The lowest BCUT2D eigenvalue weighted by Gasteiger charge is -2.05. The SMILES string of the molecule is COc1ccc2nc(Cl)c(/C=C/c3ccc(F)cc3)cc2c1. The second kappa shape index (κ2) is 6.16. The summed E-state index contributed by atoms with van der Waals surface area (Å²) in [5.41, 5.74) is 2.50. The lowest BCUT2D eigenvalue weighted by atomic mass is 10.1. The fourth-order valence-electron chi connectivity index (χ4n) is 2.15. The molecular weight excluding hydrogens is 301 g/mol. The molecule has 0 N–H and O–H groups in total. The monoisotopic (exact) mass is 313 g/mol. The Bertz CT molecular complexity index is 844. The molecule has 4 heteroatoms. The van der Waals surface area contributed by atoms with Gasteiger partial charge >= 0.3 is 0 Å². The first kappa shape index (κ1) is 14.5. The molecule has 0 saturated carbocycles. The molecule has 0 spiro atoms. The molecule has 0 aliphatic heterocycles. The van der Waals surface area contributed by atoms with Gasteiger partial charge in [0.25, 0.3) is 0 Å². The van der Waals surface area contributed by atoms with Crippen LogP contribution in [0.4, 0.5) is 4.39 Å². The minimum absolute atomic E-state index is 0.255. The van der Waals surface area contributed by atoms with Crippen molar-refractivity contribution >= 4 is 34.7 Å². The minimum Gasteiger partial charge on any atom is -0.497 e. The van der Waals surface area contributed by atoms with E-state index in [4.69, 9.17) is 16.3 Å².